The lowest BCUT2D eigenvalue weighted by Crippen LogP contribution is -2.14. The Labute approximate surface area is 201 Å². The predicted molar refractivity (Wildman–Crippen MR) is 145 cm³/mol. The molecule has 4 rings (SSSR count). The van der Waals surface area contributed by atoms with Crippen LogP contribution >= 0.6 is 0 Å². The van der Waals surface area contributed by atoms with Gasteiger partial charge in [-0.15, -0.1) is 6.58 Å². The fraction of sp³-hybridized carbons (Fsp3) is 0.333. The summed E-state index contributed by atoms with van der Waals surface area (Å²) in [6, 6.07) is 17.7. The second-order valence-corrected chi connectivity index (χ2v) is 10.1. The van der Waals surface area contributed by atoms with Crippen molar-refractivity contribution in [1.82, 2.24) is 0 Å². The molecule has 0 heteroatoms. The highest BCUT2D eigenvalue weighted by molar-refractivity contribution is 5.83. The minimum Gasteiger partial charge on any atom is -0.100 e. The van der Waals surface area contributed by atoms with Gasteiger partial charge in [-0.05, 0) is 72.4 Å². The van der Waals surface area contributed by atoms with E-state index in [0.29, 0.717) is 5.92 Å². The molecular weight excluding hydrogens is 396 g/mol. The van der Waals surface area contributed by atoms with Crippen LogP contribution in [0, 0.1) is 11.8 Å². The molecule has 3 atom stereocenters. The number of allylic oxidation sites excluding steroid dienone is 6. The molecule has 1 saturated carbocycles. The van der Waals surface area contributed by atoms with Crippen molar-refractivity contribution in [2.45, 2.75) is 58.3 Å². The van der Waals surface area contributed by atoms with Crippen LogP contribution in [0.2, 0.25) is 0 Å². The van der Waals surface area contributed by atoms with E-state index in [4.69, 9.17) is 0 Å². The lowest BCUT2D eigenvalue weighted by molar-refractivity contribution is 0.673. The Kier molecular flexibility index (Phi) is 7.03. The van der Waals surface area contributed by atoms with Crippen LogP contribution in [0.4, 0.5) is 0 Å². The molecule has 1 fully saturated rings. The van der Waals surface area contributed by atoms with Crippen molar-refractivity contribution < 1.29 is 0 Å². The molecule has 0 aliphatic heterocycles. The zero-order chi connectivity index (χ0) is 23.5. The number of rotatable bonds is 9. The van der Waals surface area contributed by atoms with E-state index < -0.39 is 0 Å². The van der Waals surface area contributed by atoms with Crippen LogP contribution in [-0.2, 0) is 6.42 Å². The molecule has 170 valence electrons. The van der Waals surface area contributed by atoms with Crippen LogP contribution in [0.5, 0.6) is 0 Å². The van der Waals surface area contributed by atoms with E-state index in [2.05, 4.69) is 94.8 Å². The third kappa shape index (κ3) is 4.76. The van der Waals surface area contributed by atoms with Gasteiger partial charge in [0.15, 0.2) is 0 Å². The van der Waals surface area contributed by atoms with Crippen molar-refractivity contribution in [2.75, 3.05) is 0 Å². The van der Waals surface area contributed by atoms with Crippen LogP contribution < -0.4 is 0 Å². The molecule has 0 N–H and O–H groups in total. The number of benzene rings is 2. The zero-order valence-corrected chi connectivity index (χ0v) is 20.5. The number of hydrogen-bond acceptors (Lipinski definition) is 0. The summed E-state index contributed by atoms with van der Waals surface area (Å²) in [5, 5.41) is 0. The molecule has 2 aromatic rings. The van der Waals surface area contributed by atoms with E-state index in [1.165, 1.54) is 69.4 Å². The van der Waals surface area contributed by atoms with E-state index in [1.54, 1.807) is 0 Å². The summed E-state index contributed by atoms with van der Waals surface area (Å²) < 4.78 is 0. The molecule has 0 nitrogen and oxygen atoms in total. The van der Waals surface area contributed by atoms with Crippen molar-refractivity contribution in [3.05, 3.63) is 120 Å². The molecule has 0 amide bonds. The summed E-state index contributed by atoms with van der Waals surface area (Å²) >= 11 is 0. The van der Waals surface area contributed by atoms with Crippen molar-refractivity contribution in [3.8, 4) is 0 Å². The molecule has 3 unspecified atom stereocenters. The highest BCUT2D eigenvalue weighted by Crippen LogP contribution is 2.54. The molecule has 0 bridgehead atoms. The Bertz CT molecular complexity index is 1120. The number of hydrogen-bond donors (Lipinski definition) is 0. The van der Waals surface area contributed by atoms with Crippen molar-refractivity contribution in [2.24, 2.45) is 11.8 Å². The lowest BCUT2D eigenvalue weighted by atomic mass is 9.76. The highest BCUT2D eigenvalue weighted by atomic mass is 14.4. The largest absolute Gasteiger partial charge is 0.100 e. The molecule has 2 aliphatic rings. The molecule has 33 heavy (non-hydrogen) atoms. The lowest BCUT2D eigenvalue weighted by Gasteiger charge is -2.27. The third-order valence-corrected chi connectivity index (χ3v) is 7.48. The predicted octanol–water partition coefficient (Wildman–Crippen LogP) is 9.33. The Balaban J connectivity index is 1.59. The smallest absolute Gasteiger partial charge is 0.0158 e. The van der Waals surface area contributed by atoms with Crippen LogP contribution in [0.3, 0.4) is 0 Å². The molecule has 0 aromatic heterocycles. The topological polar surface area (TPSA) is 0 Å². The van der Waals surface area contributed by atoms with Crippen molar-refractivity contribution in [3.63, 3.8) is 0 Å². The van der Waals surface area contributed by atoms with Crippen LogP contribution in [0.25, 0.3) is 11.1 Å². The third-order valence-electron chi connectivity index (χ3n) is 7.48. The first-order valence-electron chi connectivity index (χ1n) is 12.5. The number of unbranched alkanes of at least 4 members (excludes halogenated alkanes) is 2. The van der Waals surface area contributed by atoms with Crippen molar-refractivity contribution in [1.29, 1.82) is 0 Å². The second-order valence-electron chi connectivity index (χ2n) is 10.1. The van der Waals surface area contributed by atoms with Crippen LogP contribution in [0.1, 0.15) is 74.1 Å². The summed E-state index contributed by atoms with van der Waals surface area (Å²) in [4.78, 5) is 0. The van der Waals surface area contributed by atoms with Gasteiger partial charge in [0.2, 0.25) is 0 Å². The first-order valence-corrected chi connectivity index (χ1v) is 12.5. The molecule has 0 saturated heterocycles. The summed E-state index contributed by atoms with van der Waals surface area (Å²) in [6.45, 7) is 22.1. The maximum absolute atomic E-state index is 4.68. The fourth-order valence-corrected chi connectivity index (χ4v) is 5.85. The minimum absolute atomic E-state index is 0.215. The van der Waals surface area contributed by atoms with Gasteiger partial charge in [0.05, 0.1) is 0 Å². The average molecular weight is 435 g/mol. The van der Waals surface area contributed by atoms with Gasteiger partial charge in [0.1, 0.15) is 0 Å². The standard InChI is InChI=1S/C33H38/c1-22(2)14-8-7-9-15-27-16-10-11-18-29(27)26(6)32-24(4)20-25(5)33(32)31-21-23(3)28-17-12-13-19-30(28)31/h10-13,16-19,21,23,32-33H,1,4-9,14-15,20H2,2-3H3. The average Bonchev–Trinajstić information content (AvgIpc) is 3.28. The first-order chi connectivity index (χ1) is 15.9. The maximum Gasteiger partial charge on any atom is 0.0158 e. The van der Waals surface area contributed by atoms with Crippen molar-refractivity contribution >= 4 is 11.1 Å². The minimum atomic E-state index is 0.215. The van der Waals surface area contributed by atoms with Gasteiger partial charge in [-0.25, -0.2) is 0 Å². The van der Waals surface area contributed by atoms with E-state index in [0.717, 1.165) is 19.3 Å². The fourth-order valence-electron chi connectivity index (χ4n) is 5.85. The zero-order valence-electron chi connectivity index (χ0n) is 20.5. The van der Waals surface area contributed by atoms with Crippen LogP contribution in [-0.4, -0.2) is 0 Å². The van der Waals surface area contributed by atoms with Gasteiger partial charge in [-0.1, -0.05) is 104 Å². The normalized spacial score (nSPS) is 21.8. The van der Waals surface area contributed by atoms with E-state index in [9.17, 15) is 0 Å². The molecule has 2 aliphatic carbocycles. The first kappa shape index (κ1) is 23.3. The SMILES string of the molecule is C=C(C)CCCCCc1ccccc1C(=C)C1C(=C)CC(=C)C1C1=CC(C)c2ccccc21. The van der Waals surface area contributed by atoms with E-state index in [-0.39, 0.29) is 11.8 Å². The van der Waals surface area contributed by atoms with Gasteiger partial charge in [-0.2, -0.15) is 0 Å². The van der Waals surface area contributed by atoms with Crippen LogP contribution in [0.15, 0.2) is 97.6 Å². The number of aryl methyl sites for hydroxylation is 1. The Morgan fingerprint density at radius 1 is 0.909 bits per heavy atom. The summed E-state index contributed by atoms with van der Waals surface area (Å²) in [5.74, 6) is 0.921. The number of fused-ring (bicyclic) bond motifs is 1. The molecule has 0 radical (unpaired) electrons. The second kappa shape index (κ2) is 9.96. The molecule has 0 heterocycles. The summed E-state index contributed by atoms with van der Waals surface area (Å²) in [7, 11) is 0. The summed E-state index contributed by atoms with van der Waals surface area (Å²) in [5.41, 5.74) is 12.0. The Hall–Kier alpha value is -2.86. The Morgan fingerprint density at radius 3 is 2.42 bits per heavy atom. The molecule has 2 aromatic carbocycles. The van der Waals surface area contributed by atoms with Gasteiger partial charge in [0.25, 0.3) is 0 Å². The maximum atomic E-state index is 4.68. The van der Waals surface area contributed by atoms with Gasteiger partial charge >= 0.3 is 0 Å². The molecule has 0 spiro atoms. The summed E-state index contributed by atoms with van der Waals surface area (Å²) in [6.07, 6.45) is 9.25. The van der Waals surface area contributed by atoms with E-state index >= 15 is 0 Å². The Morgan fingerprint density at radius 2 is 1.64 bits per heavy atom. The highest BCUT2D eigenvalue weighted by Gasteiger charge is 2.40. The van der Waals surface area contributed by atoms with Gasteiger partial charge in [-0.3, -0.25) is 0 Å². The monoisotopic (exact) mass is 434 g/mol. The van der Waals surface area contributed by atoms with Gasteiger partial charge in [0, 0.05) is 17.8 Å². The van der Waals surface area contributed by atoms with E-state index in [1.807, 2.05) is 0 Å². The quantitative estimate of drug-likeness (QED) is 0.272. The van der Waals surface area contributed by atoms with Gasteiger partial charge < -0.3 is 0 Å². The molecular formula is C33H38.